The minimum absolute atomic E-state index is 0. The Balaban J connectivity index is 0.00000152. The fourth-order valence-electron chi connectivity index (χ4n) is 5.84. The Hall–Kier alpha value is -2.48. The van der Waals surface area contributed by atoms with Gasteiger partial charge in [0.2, 0.25) is 0 Å². The first-order valence-electron chi connectivity index (χ1n) is 12.0. The van der Waals surface area contributed by atoms with Crippen molar-refractivity contribution in [2.45, 2.75) is 22.3 Å². The normalized spacial score (nSPS) is 16.9. The second-order valence-electron chi connectivity index (χ2n) is 9.64. The van der Waals surface area contributed by atoms with Gasteiger partial charge in [-0.05, 0) is 0 Å². The average Bonchev–Trinajstić information content (AvgIpc) is 3.38. The third kappa shape index (κ3) is 4.64. The van der Waals surface area contributed by atoms with Crippen LogP contribution in [0.15, 0.2) is 108 Å². The van der Waals surface area contributed by atoms with Gasteiger partial charge in [0, 0.05) is 0 Å². The number of allylic oxidation sites excluding steroid dienone is 2. The van der Waals surface area contributed by atoms with Crippen LogP contribution in [0, 0.1) is 0 Å². The summed E-state index contributed by atoms with van der Waals surface area (Å²) in [4.78, 5) is 4.95. The summed E-state index contributed by atoms with van der Waals surface area (Å²) in [7, 11) is 0. The molecule has 0 heterocycles. The number of halogens is 2. The maximum Gasteiger partial charge on any atom is -1.00 e. The zero-order valence-corrected chi connectivity index (χ0v) is 23.6. The summed E-state index contributed by atoms with van der Waals surface area (Å²) in [5.74, 6) is 0. The molecule has 0 nitrogen and oxygen atoms in total. The zero-order valence-electron chi connectivity index (χ0n) is 20.5. The van der Waals surface area contributed by atoms with Gasteiger partial charge >= 0.3 is 209 Å². The van der Waals surface area contributed by atoms with Crippen LogP contribution in [0.25, 0.3) is 34.4 Å². The van der Waals surface area contributed by atoms with Crippen molar-refractivity contribution in [3.63, 3.8) is 0 Å². The van der Waals surface area contributed by atoms with Gasteiger partial charge in [-0.2, -0.15) is 0 Å². The SMILES string of the molecule is [CH2]=[Ti+2]([CH]1C(C)=Cc2cc(-c3ccccc3)ccc21)[CH]1C(C)=Cc2cc(-c3ccccc3)ccc21.[Cl-].[Cl-]. The van der Waals surface area contributed by atoms with Crippen LogP contribution in [0.5, 0.6) is 0 Å². The van der Waals surface area contributed by atoms with Crippen molar-refractivity contribution in [2.75, 3.05) is 0 Å². The van der Waals surface area contributed by atoms with E-state index in [-0.39, 0.29) is 24.8 Å². The molecule has 2 unspecified atom stereocenters. The van der Waals surface area contributed by atoms with Crippen LogP contribution < -0.4 is 24.8 Å². The van der Waals surface area contributed by atoms with Gasteiger partial charge < -0.3 is 24.8 Å². The van der Waals surface area contributed by atoms with Crippen LogP contribution in [0.4, 0.5) is 0 Å². The van der Waals surface area contributed by atoms with Crippen molar-refractivity contribution < 1.29 is 42.2 Å². The van der Waals surface area contributed by atoms with Crippen molar-refractivity contribution >= 4 is 17.0 Å². The van der Waals surface area contributed by atoms with Crippen LogP contribution >= 0.6 is 0 Å². The van der Waals surface area contributed by atoms with E-state index in [0.717, 1.165) is 0 Å². The molecule has 0 bridgehead atoms. The molecule has 2 atom stereocenters. The van der Waals surface area contributed by atoms with Gasteiger partial charge in [0.25, 0.3) is 0 Å². The molecule has 36 heavy (non-hydrogen) atoms. The molecular weight excluding hydrogens is 515 g/mol. The minimum atomic E-state index is -1.80. The maximum atomic E-state index is 4.95. The predicted octanol–water partition coefficient (Wildman–Crippen LogP) is 2.70. The standard InChI is InChI=1S/2C16H13.CH2.2ClH.Ti/c2*1-12-9-14-7-8-15(11-16(14)10-12)13-5-3-2-4-6-13;;;;/h2*2-11H,1H3;1H2;2*1H;/q;;;;;+2/p-2. The Labute approximate surface area is 233 Å². The number of benzene rings is 4. The van der Waals surface area contributed by atoms with Crippen LogP contribution in [-0.4, -0.2) is 4.82 Å². The molecule has 0 radical (unpaired) electrons. The fourth-order valence-corrected chi connectivity index (χ4v) is 10.5. The summed E-state index contributed by atoms with van der Waals surface area (Å²) in [5, 5.41) is 0. The first kappa shape index (κ1) is 26.6. The second-order valence-corrected chi connectivity index (χ2v) is 13.2. The van der Waals surface area contributed by atoms with Crippen LogP contribution in [0.1, 0.15) is 44.5 Å². The van der Waals surface area contributed by atoms with Gasteiger partial charge in [-0.1, -0.05) is 0 Å². The molecule has 6 rings (SSSR count). The van der Waals surface area contributed by atoms with Gasteiger partial charge in [-0.25, -0.2) is 0 Å². The van der Waals surface area contributed by atoms with E-state index in [9.17, 15) is 0 Å². The zero-order chi connectivity index (χ0) is 23.2. The Morgan fingerprint density at radius 2 is 0.917 bits per heavy atom. The first-order valence-corrected chi connectivity index (χ1v) is 14.9. The number of fused-ring (bicyclic) bond motifs is 2. The van der Waals surface area contributed by atoms with Crippen LogP contribution in [0.2, 0.25) is 0 Å². The molecule has 0 amide bonds. The van der Waals surface area contributed by atoms with Gasteiger partial charge in [-0.15, -0.1) is 0 Å². The van der Waals surface area contributed by atoms with E-state index in [1.54, 1.807) is 0 Å². The smallest absolute Gasteiger partial charge is 1.00 e. The van der Waals surface area contributed by atoms with Crippen molar-refractivity contribution in [1.82, 2.24) is 0 Å². The molecule has 3 heteroatoms. The monoisotopic (exact) mass is 542 g/mol. The molecule has 2 aliphatic carbocycles. The quantitative estimate of drug-likeness (QED) is 0.348. The number of rotatable bonds is 4. The van der Waals surface area contributed by atoms with Crippen molar-refractivity contribution in [1.29, 1.82) is 0 Å². The van der Waals surface area contributed by atoms with Gasteiger partial charge in [-0.3, -0.25) is 0 Å². The van der Waals surface area contributed by atoms with Gasteiger partial charge in [0.15, 0.2) is 0 Å². The molecule has 0 aromatic heterocycles. The Bertz CT molecular complexity index is 1370. The van der Waals surface area contributed by atoms with Crippen molar-refractivity contribution in [2.24, 2.45) is 0 Å². The van der Waals surface area contributed by atoms with E-state index in [1.807, 2.05) is 0 Å². The minimum Gasteiger partial charge on any atom is -1.00 e. The molecule has 0 saturated carbocycles. The molecule has 178 valence electrons. The summed E-state index contributed by atoms with van der Waals surface area (Å²) in [6.45, 7) is 4.64. The van der Waals surface area contributed by atoms with Crippen LogP contribution in [0.3, 0.4) is 0 Å². The van der Waals surface area contributed by atoms with Crippen LogP contribution in [-0.2, 0) is 17.4 Å². The molecule has 2 aliphatic rings. The van der Waals surface area contributed by atoms with E-state index in [4.69, 9.17) is 4.82 Å². The van der Waals surface area contributed by atoms with Gasteiger partial charge in [0.1, 0.15) is 0 Å². The van der Waals surface area contributed by atoms with Gasteiger partial charge in [0.05, 0.1) is 0 Å². The Morgan fingerprint density at radius 1 is 0.528 bits per heavy atom. The number of hydrogen-bond donors (Lipinski definition) is 0. The second kappa shape index (κ2) is 10.9. The largest absolute Gasteiger partial charge is 1.00 e. The molecule has 0 saturated heterocycles. The molecule has 0 fully saturated rings. The summed E-state index contributed by atoms with van der Waals surface area (Å²) in [5.41, 5.74) is 13.9. The third-order valence-electron chi connectivity index (χ3n) is 7.43. The topological polar surface area (TPSA) is 0 Å². The molecular formula is C33H28Cl2Ti. The molecule has 4 aromatic carbocycles. The van der Waals surface area contributed by atoms with E-state index in [0.29, 0.717) is 8.45 Å². The van der Waals surface area contributed by atoms with Crippen molar-refractivity contribution in [3.8, 4) is 22.3 Å². The summed E-state index contributed by atoms with van der Waals surface area (Å²) >= 11 is -1.80. The maximum absolute atomic E-state index is 4.95. The first-order chi connectivity index (χ1) is 16.6. The third-order valence-corrected chi connectivity index (χ3v) is 12.1. The van der Waals surface area contributed by atoms with E-state index in [2.05, 4.69) is 123 Å². The summed E-state index contributed by atoms with van der Waals surface area (Å²) in [6, 6.07) is 35.5. The average molecular weight is 543 g/mol. The molecule has 0 N–H and O–H groups in total. The Morgan fingerprint density at radius 3 is 1.31 bits per heavy atom. The molecule has 4 aromatic rings. The predicted molar refractivity (Wildman–Crippen MR) is 144 cm³/mol. The Kier molecular flexibility index (Phi) is 8.03. The molecule has 0 spiro atoms. The van der Waals surface area contributed by atoms with E-state index >= 15 is 0 Å². The summed E-state index contributed by atoms with van der Waals surface area (Å²) in [6.07, 6.45) is 4.83. The van der Waals surface area contributed by atoms with E-state index in [1.165, 1.54) is 55.7 Å². The molecule has 0 aliphatic heterocycles. The van der Waals surface area contributed by atoms with Crippen molar-refractivity contribution in [3.05, 3.63) is 130 Å². The summed E-state index contributed by atoms with van der Waals surface area (Å²) < 4.78 is 1.01. The fraction of sp³-hybridized carbons (Fsp3) is 0.121. The number of hydrogen-bond acceptors (Lipinski definition) is 0. The van der Waals surface area contributed by atoms with E-state index < -0.39 is 17.4 Å².